The Morgan fingerprint density at radius 1 is 0.659 bits per heavy atom. The third-order valence-corrected chi connectivity index (χ3v) is 8.59. The summed E-state index contributed by atoms with van der Waals surface area (Å²) < 4.78 is 24.0. The van der Waals surface area contributed by atoms with Crippen LogP contribution in [-0.2, 0) is 18.4 Å². The van der Waals surface area contributed by atoms with Gasteiger partial charge in [0.1, 0.15) is 23.0 Å². The zero-order chi connectivity index (χ0) is 28.1. The van der Waals surface area contributed by atoms with Crippen LogP contribution in [0.15, 0.2) is 91.0 Å². The SMILES string of the molecule is COc1ccc(C2(c3ccc(C)cc3)C=Cc3c4c(c5ccc(OC)cc5c3O2)-c2ccc(OC)cc2CC4)cc1. The Morgan fingerprint density at radius 2 is 1.29 bits per heavy atom. The molecule has 0 amide bonds. The highest BCUT2D eigenvalue weighted by Crippen LogP contribution is 2.52. The lowest BCUT2D eigenvalue weighted by Crippen LogP contribution is -2.34. The number of ether oxygens (including phenoxy) is 4. The summed E-state index contributed by atoms with van der Waals surface area (Å²) in [4.78, 5) is 0. The van der Waals surface area contributed by atoms with Crippen LogP contribution < -0.4 is 18.9 Å². The van der Waals surface area contributed by atoms with Gasteiger partial charge < -0.3 is 18.9 Å². The zero-order valence-electron chi connectivity index (χ0n) is 23.8. The van der Waals surface area contributed by atoms with Gasteiger partial charge in [-0.15, -0.1) is 0 Å². The number of hydrogen-bond acceptors (Lipinski definition) is 4. The number of aryl methyl sites for hydroxylation is 2. The molecule has 1 atom stereocenters. The van der Waals surface area contributed by atoms with Crippen LogP contribution in [0.25, 0.3) is 28.0 Å². The van der Waals surface area contributed by atoms with E-state index in [-0.39, 0.29) is 0 Å². The summed E-state index contributed by atoms with van der Waals surface area (Å²) in [6.07, 6.45) is 6.36. The molecule has 0 fully saturated rings. The second-order valence-corrected chi connectivity index (χ2v) is 10.8. The van der Waals surface area contributed by atoms with Gasteiger partial charge in [-0.3, -0.25) is 0 Å². The quantitative estimate of drug-likeness (QED) is 0.225. The van der Waals surface area contributed by atoms with Crippen LogP contribution in [0.1, 0.15) is 33.4 Å². The normalized spacial score (nSPS) is 16.8. The summed E-state index contributed by atoms with van der Waals surface area (Å²) in [5.41, 5.74) is 8.79. The highest BCUT2D eigenvalue weighted by atomic mass is 16.5. The van der Waals surface area contributed by atoms with Crippen molar-refractivity contribution in [1.82, 2.24) is 0 Å². The standard InChI is InChI=1S/C37H32O4/c1-23-5-8-25(9-6-23)37(26-10-12-27(38-2)13-11-26)20-19-33-31-16-7-24-21-28(39-3)14-17-30(24)35(31)32-18-15-29(40-4)22-34(32)36(33)41-37/h5-6,8-15,17-22H,7,16H2,1-4H3. The molecule has 1 heterocycles. The first-order chi connectivity index (χ1) is 20.0. The number of rotatable bonds is 5. The van der Waals surface area contributed by atoms with E-state index >= 15 is 0 Å². The molecular weight excluding hydrogens is 508 g/mol. The summed E-state index contributed by atoms with van der Waals surface area (Å²) in [7, 11) is 5.12. The first-order valence-electron chi connectivity index (χ1n) is 14.0. The van der Waals surface area contributed by atoms with Crippen molar-refractivity contribution in [2.75, 3.05) is 21.3 Å². The maximum Gasteiger partial charge on any atom is 0.178 e. The molecule has 204 valence electrons. The Hall–Kier alpha value is -4.70. The molecule has 5 aromatic carbocycles. The number of fused-ring (bicyclic) bond motifs is 8. The van der Waals surface area contributed by atoms with Crippen LogP contribution in [0.3, 0.4) is 0 Å². The van der Waals surface area contributed by atoms with Crippen molar-refractivity contribution in [3.8, 4) is 34.1 Å². The van der Waals surface area contributed by atoms with E-state index in [1.807, 2.05) is 18.2 Å². The molecule has 1 unspecified atom stereocenters. The molecule has 4 heteroatoms. The van der Waals surface area contributed by atoms with Gasteiger partial charge in [-0.25, -0.2) is 0 Å². The maximum atomic E-state index is 7.31. The zero-order valence-corrected chi connectivity index (χ0v) is 23.8. The van der Waals surface area contributed by atoms with Crippen molar-refractivity contribution in [3.05, 3.63) is 124 Å². The van der Waals surface area contributed by atoms with Gasteiger partial charge >= 0.3 is 0 Å². The molecule has 41 heavy (non-hydrogen) atoms. The van der Waals surface area contributed by atoms with E-state index in [1.54, 1.807) is 21.3 Å². The van der Waals surface area contributed by atoms with Gasteiger partial charge in [0.25, 0.3) is 0 Å². The molecule has 0 saturated carbocycles. The number of methoxy groups -OCH3 is 3. The monoisotopic (exact) mass is 540 g/mol. The van der Waals surface area contributed by atoms with Gasteiger partial charge in [0.2, 0.25) is 0 Å². The van der Waals surface area contributed by atoms with E-state index in [4.69, 9.17) is 18.9 Å². The van der Waals surface area contributed by atoms with Crippen molar-refractivity contribution in [2.24, 2.45) is 0 Å². The molecule has 7 rings (SSSR count). The van der Waals surface area contributed by atoms with E-state index in [1.165, 1.54) is 27.8 Å². The van der Waals surface area contributed by atoms with Crippen LogP contribution in [0.5, 0.6) is 23.0 Å². The fraction of sp³-hybridized carbons (Fsp3) is 0.189. The van der Waals surface area contributed by atoms with Crippen molar-refractivity contribution >= 4 is 16.8 Å². The summed E-state index contributed by atoms with van der Waals surface area (Å²) in [6.45, 7) is 2.11. The summed E-state index contributed by atoms with van der Waals surface area (Å²) in [5, 5.41) is 2.20. The van der Waals surface area contributed by atoms with Gasteiger partial charge in [-0.2, -0.15) is 0 Å². The third-order valence-electron chi connectivity index (χ3n) is 8.59. The molecule has 0 N–H and O–H groups in total. The molecule has 0 spiro atoms. The average molecular weight is 541 g/mol. The van der Waals surface area contributed by atoms with Gasteiger partial charge in [0.15, 0.2) is 5.60 Å². The van der Waals surface area contributed by atoms with Crippen molar-refractivity contribution in [3.63, 3.8) is 0 Å². The van der Waals surface area contributed by atoms with E-state index in [2.05, 4.69) is 85.8 Å². The van der Waals surface area contributed by atoms with Crippen LogP contribution in [0.4, 0.5) is 0 Å². The molecule has 5 aromatic rings. The van der Waals surface area contributed by atoms with Crippen molar-refractivity contribution in [1.29, 1.82) is 0 Å². The van der Waals surface area contributed by atoms with Crippen LogP contribution in [-0.4, -0.2) is 21.3 Å². The molecule has 1 aliphatic carbocycles. The van der Waals surface area contributed by atoms with Gasteiger partial charge in [-0.05, 0) is 95.9 Å². The lowest BCUT2D eigenvalue weighted by molar-refractivity contribution is 0.163. The Labute approximate surface area is 240 Å². The minimum atomic E-state index is -0.808. The van der Waals surface area contributed by atoms with Gasteiger partial charge in [0, 0.05) is 22.1 Å². The first-order valence-corrected chi connectivity index (χ1v) is 14.0. The second kappa shape index (κ2) is 9.74. The smallest absolute Gasteiger partial charge is 0.178 e. The number of hydrogen-bond donors (Lipinski definition) is 0. The molecule has 1 aliphatic heterocycles. The minimum Gasteiger partial charge on any atom is -0.497 e. The van der Waals surface area contributed by atoms with E-state index in [0.717, 1.165) is 63.3 Å². The van der Waals surface area contributed by atoms with E-state index in [0.29, 0.717) is 0 Å². The topological polar surface area (TPSA) is 36.9 Å². The van der Waals surface area contributed by atoms with E-state index in [9.17, 15) is 0 Å². The third kappa shape index (κ3) is 3.97. The summed E-state index contributed by atoms with van der Waals surface area (Å²) in [5.74, 6) is 3.39. The molecular formula is C37H32O4. The molecule has 0 radical (unpaired) electrons. The lowest BCUT2D eigenvalue weighted by atomic mass is 9.77. The highest BCUT2D eigenvalue weighted by Gasteiger charge is 2.39. The fourth-order valence-electron chi connectivity index (χ4n) is 6.41. The maximum absolute atomic E-state index is 7.31. The second-order valence-electron chi connectivity index (χ2n) is 10.8. The fourth-order valence-corrected chi connectivity index (χ4v) is 6.41. The molecule has 2 aliphatic rings. The predicted octanol–water partition coefficient (Wildman–Crippen LogP) is 8.29. The molecule has 0 aromatic heterocycles. The molecule has 0 saturated heterocycles. The number of benzene rings is 5. The van der Waals surface area contributed by atoms with Crippen molar-refractivity contribution in [2.45, 2.75) is 25.4 Å². The van der Waals surface area contributed by atoms with Crippen LogP contribution in [0.2, 0.25) is 0 Å². The van der Waals surface area contributed by atoms with Gasteiger partial charge in [-0.1, -0.05) is 54.1 Å². The van der Waals surface area contributed by atoms with E-state index < -0.39 is 5.60 Å². The lowest BCUT2D eigenvalue weighted by Gasteiger charge is -2.38. The van der Waals surface area contributed by atoms with Crippen molar-refractivity contribution < 1.29 is 18.9 Å². The Morgan fingerprint density at radius 3 is 2.00 bits per heavy atom. The Bertz CT molecular complexity index is 1820. The first kappa shape index (κ1) is 25.3. The summed E-state index contributed by atoms with van der Waals surface area (Å²) in [6, 6.07) is 29.6. The predicted molar refractivity (Wildman–Crippen MR) is 165 cm³/mol. The summed E-state index contributed by atoms with van der Waals surface area (Å²) >= 11 is 0. The van der Waals surface area contributed by atoms with Crippen LogP contribution in [0, 0.1) is 6.92 Å². The Balaban J connectivity index is 1.51. The minimum absolute atomic E-state index is 0.800. The average Bonchev–Trinajstić information content (AvgIpc) is 3.04. The Kier molecular flexibility index (Phi) is 6.01. The van der Waals surface area contributed by atoms with Gasteiger partial charge in [0.05, 0.1) is 21.3 Å². The van der Waals surface area contributed by atoms with Crippen LogP contribution >= 0.6 is 0 Å². The molecule has 4 nitrogen and oxygen atoms in total. The molecule has 0 bridgehead atoms. The largest absolute Gasteiger partial charge is 0.497 e. The highest BCUT2D eigenvalue weighted by molar-refractivity contribution is 6.06.